The Bertz CT molecular complexity index is 332. The second-order valence-electron chi connectivity index (χ2n) is 3.98. The minimum atomic E-state index is -0.236. The summed E-state index contributed by atoms with van der Waals surface area (Å²) in [4.78, 5) is 15.6. The Balaban J connectivity index is 2.75. The highest BCUT2D eigenvalue weighted by molar-refractivity contribution is 5.91. The number of hydrogen-bond donors (Lipinski definition) is 1. The maximum absolute atomic E-state index is 11.5. The Morgan fingerprint density at radius 3 is 2.33 bits per heavy atom. The molecule has 0 aliphatic carbocycles. The van der Waals surface area contributed by atoms with E-state index >= 15 is 0 Å². The SMILES string of the molecule is CC(C)NC(=O)c1cnc(C(C)C)nn1. The molecule has 1 rings (SSSR count). The zero-order chi connectivity index (χ0) is 11.4. The van der Waals surface area contributed by atoms with Crippen LogP contribution in [-0.4, -0.2) is 27.1 Å². The van der Waals surface area contributed by atoms with E-state index in [1.807, 2.05) is 27.7 Å². The average molecular weight is 208 g/mol. The van der Waals surface area contributed by atoms with Crippen molar-refractivity contribution in [2.45, 2.75) is 39.7 Å². The normalized spacial score (nSPS) is 10.8. The van der Waals surface area contributed by atoms with E-state index in [0.717, 1.165) is 0 Å². The van der Waals surface area contributed by atoms with Gasteiger partial charge in [-0.3, -0.25) is 4.79 Å². The highest BCUT2D eigenvalue weighted by Crippen LogP contribution is 2.05. The van der Waals surface area contributed by atoms with Crippen LogP contribution in [-0.2, 0) is 0 Å². The molecule has 1 N–H and O–H groups in total. The summed E-state index contributed by atoms with van der Waals surface area (Å²) in [5.74, 6) is 0.635. The van der Waals surface area contributed by atoms with E-state index in [0.29, 0.717) is 5.82 Å². The Hall–Kier alpha value is -1.52. The standard InChI is InChI=1S/C10H16N4O/c1-6(2)9-11-5-8(13-14-9)10(15)12-7(3)4/h5-7H,1-4H3,(H,12,15). The van der Waals surface area contributed by atoms with Crippen molar-refractivity contribution in [2.24, 2.45) is 0 Å². The van der Waals surface area contributed by atoms with Gasteiger partial charge in [0.1, 0.15) is 0 Å². The summed E-state index contributed by atoms with van der Waals surface area (Å²) in [6, 6.07) is 0.0871. The molecule has 1 aromatic heterocycles. The van der Waals surface area contributed by atoms with E-state index in [1.165, 1.54) is 6.20 Å². The minimum absolute atomic E-state index is 0.0871. The molecule has 5 nitrogen and oxygen atoms in total. The predicted molar refractivity (Wildman–Crippen MR) is 56.5 cm³/mol. The van der Waals surface area contributed by atoms with Gasteiger partial charge in [-0.05, 0) is 13.8 Å². The van der Waals surface area contributed by atoms with Gasteiger partial charge in [-0.15, -0.1) is 10.2 Å². The first-order valence-corrected chi connectivity index (χ1v) is 5.01. The summed E-state index contributed by atoms with van der Waals surface area (Å²) in [6.07, 6.45) is 1.46. The van der Waals surface area contributed by atoms with E-state index in [-0.39, 0.29) is 23.6 Å². The van der Waals surface area contributed by atoms with Crippen LogP contribution in [0.25, 0.3) is 0 Å². The van der Waals surface area contributed by atoms with Crippen LogP contribution in [0, 0.1) is 0 Å². The maximum atomic E-state index is 11.5. The van der Waals surface area contributed by atoms with Gasteiger partial charge in [-0.2, -0.15) is 0 Å². The number of nitrogens with zero attached hydrogens (tertiary/aromatic N) is 3. The van der Waals surface area contributed by atoms with Gasteiger partial charge in [0, 0.05) is 12.0 Å². The Kier molecular flexibility index (Phi) is 3.71. The molecule has 15 heavy (non-hydrogen) atoms. The van der Waals surface area contributed by atoms with Crippen molar-refractivity contribution in [1.82, 2.24) is 20.5 Å². The van der Waals surface area contributed by atoms with Gasteiger partial charge in [0.05, 0.1) is 6.20 Å². The summed E-state index contributed by atoms with van der Waals surface area (Å²) in [5.41, 5.74) is 0.258. The molecule has 0 saturated carbocycles. The fraction of sp³-hybridized carbons (Fsp3) is 0.600. The molecule has 5 heteroatoms. The average Bonchev–Trinajstić information content (AvgIpc) is 2.17. The molecule has 0 radical (unpaired) electrons. The fourth-order valence-electron chi connectivity index (χ4n) is 0.989. The predicted octanol–water partition coefficient (Wildman–Crippen LogP) is 1.13. The second-order valence-corrected chi connectivity index (χ2v) is 3.98. The monoisotopic (exact) mass is 208 g/mol. The van der Waals surface area contributed by atoms with Gasteiger partial charge in [-0.1, -0.05) is 13.8 Å². The molecule has 0 unspecified atom stereocenters. The summed E-state index contributed by atoms with van der Waals surface area (Å²) < 4.78 is 0. The number of aromatic nitrogens is 3. The zero-order valence-electron chi connectivity index (χ0n) is 9.48. The molecule has 1 heterocycles. The third-order valence-electron chi connectivity index (χ3n) is 1.75. The van der Waals surface area contributed by atoms with E-state index in [4.69, 9.17) is 0 Å². The molecule has 0 saturated heterocycles. The van der Waals surface area contributed by atoms with E-state index < -0.39 is 0 Å². The molecule has 0 atom stereocenters. The highest BCUT2D eigenvalue weighted by atomic mass is 16.2. The van der Waals surface area contributed by atoms with Crippen molar-refractivity contribution in [3.63, 3.8) is 0 Å². The van der Waals surface area contributed by atoms with Gasteiger partial charge >= 0.3 is 0 Å². The van der Waals surface area contributed by atoms with Gasteiger partial charge in [0.25, 0.3) is 5.91 Å². The summed E-state index contributed by atoms with van der Waals surface area (Å²) in [6.45, 7) is 7.73. The zero-order valence-corrected chi connectivity index (χ0v) is 9.48. The van der Waals surface area contributed by atoms with Crippen LogP contribution in [0.5, 0.6) is 0 Å². The maximum Gasteiger partial charge on any atom is 0.273 e. The quantitative estimate of drug-likeness (QED) is 0.808. The lowest BCUT2D eigenvalue weighted by Gasteiger charge is -2.07. The number of rotatable bonds is 3. The number of amides is 1. The van der Waals surface area contributed by atoms with Crippen LogP contribution < -0.4 is 5.32 Å². The summed E-state index contributed by atoms with van der Waals surface area (Å²) in [5, 5.41) is 10.4. The number of carbonyl (C=O) groups excluding carboxylic acids is 1. The van der Waals surface area contributed by atoms with Crippen molar-refractivity contribution >= 4 is 5.91 Å². The van der Waals surface area contributed by atoms with Crippen LogP contribution in [0.4, 0.5) is 0 Å². The molecular formula is C10H16N4O. The Morgan fingerprint density at radius 2 is 1.93 bits per heavy atom. The molecular weight excluding hydrogens is 192 g/mol. The lowest BCUT2D eigenvalue weighted by atomic mass is 10.2. The van der Waals surface area contributed by atoms with Crippen LogP contribution >= 0.6 is 0 Å². The summed E-state index contributed by atoms with van der Waals surface area (Å²) in [7, 11) is 0. The lowest BCUT2D eigenvalue weighted by Crippen LogP contribution is -2.31. The summed E-state index contributed by atoms with van der Waals surface area (Å²) >= 11 is 0. The van der Waals surface area contributed by atoms with Gasteiger partial charge < -0.3 is 5.32 Å². The molecule has 0 aliphatic rings. The van der Waals surface area contributed by atoms with E-state index in [1.54, 1.807) is 0 Å². The smallest absolute Gasteiger partial charge is 0.273 e. The Morgan fingerprint density at radius 1 is 1.27 bits per heavy atom. The van der Waals surface area contributed by atoms with Crippen LogP contribution in [0.15, 0.2) is 6.20 Å². The van der Waals surface area contributed by atoms with Gasteiger partial charge in [0.2, 0.25) is 0 Å². The molecule has 82 valence electrons. The topological polar surface area (TPSA) is 67.8 Å². The van der Waals surface area contributed by atoms with E-state index in [9.17, 15) is 4.79 Å². The Labute approximate surface area is 89.3 Å². The lowest BCUT2D eigenvalue weighted by molar-refractivity contribution is 0.0936. The van der Waals surface area contributed by atoms with Crippen molar-refractivity contribution in [3.8, 4) is 0 Å². The minimum Gasteiger partial charge on any atom is -0.348 e. The largest absolute Gasteiger partial charge is 0.348 e. The van der Waals surface area contributed by atoms with Crippen molar-refractivity contribution in [3.05, 3.63) is 17.7 Å². The third kappa shape index (κ3) is 3.27. The second kappa shape index (κ2) is 4.82. The number of hydrogen-bond acceptors (Lipinski definition) is 4. The van der Waals surface area contributed by atoms with Gasteiger partial charge in [-0.25, -0.2) is 4.98 Å². The third-order valence-corrected chi connectivity index (χ3v) is 1.75. The highest BCUT2D eigenvalue weighted by Gasteiger charge is 2.10. The molecule has 1 amide bonds. The molecule has 0 aliphatic heterocycles. The molecule has 0 spiro atoms. The van der Waals surface area contributed by atoms with Crippen molar-refractivity contribution in [1.29, 1.82) is 0 Å². The van der Waals surface area contributed by atoms with Crippen molar-refractivity contribution < 1.29 is 4.79 Å². The first-order valence-electron chi connectivity index (χ1n) is 5.01. The fourth-order valence-corrected chi connectivity index (χ4v) is 0.989. The van der Waals surface area contributed by atoms with E-state index in [2.05, 4.69) is 20.5 Å². The molecule has 0 bridgehead atoms. The van der Waals surface area contributed by atoms with Crippen LogP contribution in [0.2, 0.25) is 0 Å². The van der Waals surface area contributed by atoms with Gasteiger partial charge in [0.15, 0.2) is 11.5 Å². The molecule has 0 fully saturated rings. The first kappa shape index (κ1) is 11.6. The van der Waals surface area contributed by atoms with Crippen LogP contribution in [0.3, 0.4) is 0 Å². The first-order chi connectivity index (χ1) is 7.00. The number of nitrogens with one attached hydrogen (secondary N) is 1. The molecule has 1 aromatic rings. The molecule has 0 aromatic carbocycles. The van der Waals surface area contributed by atoms with Crippen LogP contribution in [0.1, 0.15) is 49.9 Å². The van der Waals surface area contributed by atoms with Crippen molar-refractivity contribution in [2.75, 3.05) is 0 Å². The number of carbonyl (C=O) groups is 1.